The number of nitrogens with zero attached hydrogens (tertiary/aromatic N) is 2. The van der Waals surface area contributed by atoms with E-state index < -0.39 is 6.36 Å². The zero-order valence-electron chi connectivity index (χ0n) is 16.6. The monoisotopic (exact) mass is 450 g/mol. The Balaban J connectivity index is 1.94. The highest BCUT2D eigenvalue weighted by Crippen LogP contribution is 2.29. The normalized spacial score (nSPS) is 11.3. The predicted octanol–water partition coefficient (Wildman–Crippen LogP) is 5.30. The number of hydrogen-bond donors (Lipinski definition) is 3. The molecule has 0 aliphatic rings. The molecule has 164 valence electrons. The number of aliphatic hydroxyl groups is 1. The molecule has 31 heavy (non-hydrogen) atoms. The van der Waals surface area contributed by atoms with Gasteiger partial charge >= 0.3 is 6.36 Å². The summed E-state index contributed by atoms with van der Waals surface area (Å²) in [7, 11) is 0. The molecule has 3 aromatic rings. The van der Waals surface area contributed by atoms with Gasteiger partial charge < -0.3 is 20.5 Å². The summed E-state index contributed by atoms with van der Waals surface area (Å²) < 4.78 is 41.8. The van der Waals surface area contributed by atoms with Crippen molar-refractivity contribution >= 4 is 29.2 Å². The van der Waals surface area contributed by atoms with Crippen LogP contribution in [0.1, 0.15) is 6.42 Å². The lowest BCUT2D eigenvalue weighted by Crippen LogP contribution is -2.17. The van der Waals surface area contributed by atoms with Crippen molar-refractivity contribution in [3.05, 3.63) is 54.6 Å². The van der Waals surface area contributed by atoms with Crippen molar-refractivity contribution in [2.45, 2.75) is 17.7 Å². The molecule has 0 saturated carbocycles. The SMILES string of the molecule is CSc1cccc(Nc2cc(-c3cccc(OC(F)(F)F)c3)nc(NCCCO)n2)c1. The molecule has 0 aliphatic heterocycles. The van der Waals surface area contributed by atoms with Crippen molar-refractivity contribution in [1.29, 1.82) is 0 Å². The maximum atomic E-state index is 12.6. The molecule has 0 atom stereocenters. The Hall–Kier alpha value is -2.98. The minimum absolute atomic E-state index is 0.0100. The number of rotatable bonds is 9. The van der Waals surface area contributed by atoms with Gasteiger partial charge in [-0.1, -0.05) is 18.2 Å². The van der Waals surface area contributed by atoms with Crippen LogP contribution in [-0.4, -0.2) is 40.8 Å². The first-order valence-electron chi connectivity index (χ1n) is 9.37. The molecule has 0 saturated heterocycles. The highest BCUT2D eigenvalue weighted by molar-refractivity contribution is 7.98. The number of anilines is 3. The van der Waals surface area contributed by atoms with Crippen LogP contribution in [0.15, 0.2) is 59.5 Å². The Labute approximate surface area is 181 Å². The lowest BCUT2D eigenvalue weighted by atomic mass is 10.1. The Morgan fingerprint density at radius 2 is 1.87 bits per heavy atom. The van der Waals surface area contributed by atoms with Crippen molar-refractivity contribution in [2.75, 3.05) is 30.0 Å². The number of hydrogen-bond acceptors (Lipinski definition) is 7. The smallest absolute Gasteiger partial charge is 0.406 e. The van der Waals surface area contributed by atoms with Crippen LogP contribution in [0.3, 0.4) is 0 Å². The summed E-state index contributed by atoms with van der Waals surface area (Å²) in [4.78, 5) is 9.90. The van der Waals surface area contributed by atoms with E-state index in [1.807, 2.05) is 30.5 Å². The zero-order valence-corrected chi connectivity index (χ0v) is 17.4. The Morgan fingerprint density at radius 3 is 2.61 bits per heavy atom. The van der Waals surface area contributed by atoms with E-state index >= 15 is 0 Å². The summed E-state index contributed by atoms with van der Waals surface area (Å²) in [5, 5.41) is 15.2. The van der Waals surface area contributed by atoms with Crippen molar-refractivity contribution in [3.63, 3.8) is 0 Å². The van der Waals surface area contributed by atoms with E-state index in [1.54, 1.807) is 23.9 Å². The van der Waals surface area contributed by atoms with Crippen LogP contribution in [-0.2, 0) is 0 Å². The van der Waals surface area contributed by atoms with Crippen LogP contribution in [0.25, 0.3) is 11.3 Å². The van der Waals surface area contributed by atoms with Crippen molar-refractivity contribution in [3.8, 4) is 17.0 Å². The molecule has 1 heterocycles. The molecule has 0 radical (unpaired) electrons. The van der Waals surface area contributed by atoms with Crippen LogP contribution in [0.5, 0.6) is 5.75 Å². The zero-order chi connectivity index (χ0) is 22.3. The van der Waals surface area contributed by atoms with E-state index in [0.29, 0.717) is 30.0 Å². The van der Waals surface area contributed by atoms with Gasteiger partial charge in [0.05, 0.1) is 5.69 Å². The molecular weight excluding hydrogens is 429 g/mol. The Kier molecular flexibility index (Phi) is 7.59. The predicted molar refractivity (Wildman–Crippen MR) is 116 cm³/mol. The van der Waals surface area contributed by atoms with Gasteiger partial charge in [0.1, 0.15) is 11.6 Å². The van der Waals surface area contributed by atoms with Gasteiger partial charge in [-0.05, 0) is 43.0 Å². The van der Waals surface area contributed by atoms with Crippen molar-refractivity contribution in [2.24, 2.45) is 0 Å². The van der Waals surface area contributed by atoms with E-state index in [9.17, 15) is 13.2 Å². The lowest BCUT2D eigenvalue weighted by Gasteiger charge is -2.13. The second-order valence-electron chi connectivity index (χ2n) is 6.40. The van der Waals surface area contributed by atoms with E-state index in [2.05, 4.69) is 25.3 Å². The van der Waals surface area contributed by atoms with E-state index in [1.165, 1.54) is 18.2 Å². The lowest BCUT2D eigenvalue weighted by molar-refractivity contribution is -0.274. The van der Waals surface area contributed by atoms with Gasteiger partial charge in [-0.25, -0.2) is 4.98 Å². The molecule has 0 fully saturated rings. The van der Waals surface area contributed by atoms with Gasteiger partial charge in [0.25, 0.3) is 0 Å². The molecular formula is C21H21F3N4O2S. The minimum atomic E-state index is -4.78. The largest absolute Gasteiger partial charge is 0.573 e. The number of ether oxygens (including phenoxy) is 1. The molecule has 0 aliphatic carbocycles. The second-order valence-corrected chi connectivity index (χ2v) is 7.28. The Bertz CT molecular complexity index is 1020. The first-order chi connectivity index (χ1) is 14.9. The highest BCUT2D eigenvalue weighted by atomic mass is 32.2. The number of thioether (sulfide) groups is 1. The number of benzene rings is 2. The van der Waals surface area contributed by atoms with Crippen LogP contribution in [0, 0.1) is 0 Å². The standard InChI is InChI=1S/C21H21F3N4O2S/c1-31-17-8-3-6-15(12-17)26-19-13-18(27-20(28-19)25-9-4-10-29)14-5-2-7-16(11-14)30-21(22,23)24/h2-3,5-8,11-13,29H,4,9-10H2,1H3,(H2,25,26,27,28). The third-order valence-electron chi connectivity index (χ3n) is 4.05. The Morgan fingerprint density at radius 1 is 1.06 bits per heavy atom. The van der Waals surface area contributed by atoms with Gasteiger partial charge in [-0.2, -0.15) is 4.98 Å². The number of nitrogens with one attached hydrogen (secondary N) is 2. The fourth-order valence-electron chi connectivity index (χ4n) is 2.72. The minimum Gasteiger partial charge on any atom is -0.406 e. The summed E-state index contributed by atoms with van der Waals surface area (Å²) in [6.07, 6.45) is -2.31. The molecule has 3 rings (SSSR count). The summed E-state index contributed by atoms with van der Waals surface area (Å²) in [6, 6.07) is 15.0. The average Bonchev–Trinajstić information content (AvgIpc) is 2.73. The number of halogens is 3. The average molecular weight is 450 g/mol. The molecule has 0 bridgehead atoms. The maximum Gasteiger partial charge on any atom is 0.573 e. The van der Waals surface area contributed by atoms with Crippen LogP contribution in [0.2, 0.25) is 0 Å². The van der Waals surface area contributed by atoms with Gasteiger partial charge in [-0.3, -0.25) is 0 Å². The quantitative estimate of drug-likeness (QED) is 0.301. The molecule has 0 amide bonds. The molecule has 0 unspecified atom stereocenters. The van der Waals surface area contributed by atoms with E-state index in [4.69, 9.17) is 5.11 Å². The van der Waals surface area contributed by atoms with E-state index in [0.717, 1.165) is 10.6 Å². The molecule has 6 nitrogen and oxygen atoms in total. The van der Waals surface area contributed by atoms with Crippen LogP contribution >= 0.6 is 11.8 Å². The maximum absolute atomic E-state index is 12.6. The molecule has 0 spiro atoms. The first kappa shape index (κ1) is 22.7. The summed E-state index contributed by atoms with van der Waals surface area (Å²) in [5.74, 6) is 0.425. The van der Waals surface area contributed by atoms with E-state index in [-0.39, 0.29) is 18.3 Å². The third-order valence-corrected chi connectivity index (χ3v) is 4.78. The van der Waals surface area contributed by atoms with Gasteiger partial charge in [-0.15, -0.1) is 24.9 Å². The number of aromatic nitrogens is 2. The molecule has 2 aromatic carbocycles. The third kappa shape index (κ3) is 7.04. The molecule has 3 N–H and O–H groups in total. The number of alkyl halides is 3. The summed E-state index contributed by atoms with van der Waals surface area (Å²) >= 11 is 1.60. The highest BCUT2D eigenvalue weighted by Gasteiger charge is 2.31. The fraction of sp³-hybridized carbons (Fsp3) is 0.238. The van der Waals surface area contributed by atoms with Gasteiger partial charge in [0.15, 0.2) is 0 Å². The van der Waals surface area contributed by atoms with Crippen LogP contribution in [0.4, 0.5) is 30.6 Å². The van der Waals surface area contributed by atoms with Crippen LogP contribution < -0.4 is 15.4 Å². The van der Waals surface area contributed by atoms with Gasteiger partial charge in [0, 0.05) is 35.4 Å². The summed E-state index contributed by atoms with van der Waals surface area (Å²) in [6.45, 7) is 0.453. The molecule has 10 heteroatoms. The fourth-order valence-corrected chi connectivity index (χ4v) is 3.18. The molecule has 1 aromatic heterocycles. The van der Waals surface area contributed by atoms with Gasteiger partial charge in [0.2, 0.25) is 5.95 Å². The van der Waals surface area contributed by atoms with Crippen molar-refractivity contribution in [1.82, 2.24) is 9.97 Å². The second kappa shape index (κ2) is 10.4. The van der Waals surface area contributed by atoms with Crippen molar-refractivity contribution < 1.29 is 23.0 Å². The topological polar surface area (TPSA) is 79.3 Å². The number of aliphatic hydroxyl groups excluding tert-OH is 1. The first-order valence-corrected chi connectivity index (χ1v) is 10.6. The summed E-state index contributed by atoms with van der Waals surface area (Å²) in [5.41, 5.74) is 1.67.